The predicted molar refractivity (Wildman–Crippen MR) is 186 cm³/mol. The van der Waals surface area contributed by atoms with Gasteiger partial charge in [0.1, 0.15) is 11.7 Å². The van der Waals surface area contributed by atoms with E-state index in [2.05, 4.69) is 44.2 Å². The summed E-state index contributed by atoms with van der Waals surface area (Å²) in [6, 6.07) is 0. The molecule has 1 fully saturated rings. The third-order valence-corrected chi connectivity index (χ3v) is 8.93. The van der Waals surface area contributed by atoms with Gasteiger partial charge in [0.15, 0.2) is 0 Å². The highest BCUT2D eigenvalue weighted by Crippen LogP contribution is 2.31. The summed E-state index contributed by atoms with van der Waals surface area (Å²) in [4.78, 5) is 11.9. The van der Waals surface area contributed by atoms with E-state index in [1.807, 2.05) is 0 Å². The van der Waals surface area contributed by atoms with Crippen LogP contribution in [0.2, 0.25) is 0 Å². The van der Waals surface area contributed by atoms with Crippen molar-refractivity contribution < 1.29 is 9.53 Å². The number of allylic oxidation sites excluding steroid dienone is 5. The molecular weight excluding hydrogens is 512 g/mol. The zero-order valence-electron chi connectivity index (χ0n) is 28.5. The highest BCUT2D eigenvalue weighted by molar-refractivity contribution is 5.82. The molecule has 1 aliphatic rings. The topological polar surface area (TPSA) is 26.3 Å². The van der Waals surface area contributed by atoms with Crippen LogP contribution in [0, 0.1) is 5.92 Å². The first kappa shape index (κ1) is 38.7. The predicted octanol–water partition coefficient (Wildman–Crippen LogP) is 13.9. The molecule has 0 N–H and O–H groups in total. The molecule has 0 radical (unpaired) electrons. The van der Waals surface area contributed by atoms with Gasteiger partial charge in [-0.3, -0.25) is 4.79 Å². The average molecular weight is 585 g/mol. The summed E-state index contributed by atoms with van der Waals surface area (Å²) in [5.74, 6) is 0.896. The number of hydrogen-bond acceptors (Lipinski definition) is 2. The van der Waals surface area contributed by atoms with Crippen molar-refractivity contribution in [3.8, 4) is 0 Å². The van der Waals surface area contributed by atoms with Crippen LogP contribution in [-0.4, -0.2) is 5.97 Å². The number of rotatable bonds is 32. The molecule has 2 nitrogen and oxygen atoms in total. The van der Waals surface area contributed by atoms with Crippen molar-refractivity contribution >= 4 is 5.97 Å². The quantitative estimate of drug-likeness (QED) is 0.0446. The molecule has 0 aromatic carbocycles. The monoisotopic (exact) mass is 585 g/mol. The maximum atomic E-state index is 11.9. The number of ether oxygens (including phenoxy) is 1. The molecule has 0 saturated carbocycles. The van der Waals surface area contributed by atoms with Gasteiger partial charge < -0.3 is 4.74 Å². The van der Waals surface area contributed by atoms with Gasteiger partial charge in [-0.25, -0.2) is 0 Å². The number of cyclic esters (lactones) is 1. The van der Waals surface area contributed by atoms with E-state index in [4.69, 9.17) is 4.74 Å². The Hall–Kier alpha value is -1.31. The molecule has 1 unspecified atom stereocenters. The van der Waals surface area contributed by atoms with Crippen LogP contribution < -0.4 is 0 Å². The molecule has 1 saturated heterocycles. The normalized spacial score (nSPS) is 16.2. The van der Waals surface area contributed by atoms with E-state index in [1.54, 1.807) is 0 Å². The lowest BCUT2D eigenvalue weighted by Crippen LogP contribution is -2.32. The largest absolute Gasteiger partial charge is 0.430 e. The van der Waals surface area contributed by atoms with Crippen molar-refractivity contribution in [1.82, 2.24) is 0 Å². The van der Waals surface area contributed by atoms with E-state index in [9.17, 15) is 4.79 Å². The van der Waals surface area contributed by atoms with E-state index < -0.39 is 0 Å². The minimum absolute atomic E-state index is 0.00586. The fourth-order valence-corrected chi connectivity index (χ4v) is 6.02. The van der Waals surface area contributed by atoms with Gasteiger partial charge in [-0.05, 0) is 57.4 Å². The van der Waals surface area contributed by atoms with Crippen molar-refractivity contribution in [1.29, 1.82) is 0 Å². The van der Waals surface area contributed by atoms with Gasteiger partial charge in [0.25, 0.3) is 0 Å². The molecule has 0 amide bonds. The Kier molecular flexibility index (Phi) is 28.7. The number of carbonyl (C=O) groups excluding carboxylic acids is 1. The second kappa shape index (κ2) is 31.1. The van der Waals surface area contributed by atoms with Gasteiger partial charge in [0.05, 0.1) is 0 Å². The standard InChI is InChI=1S/C40H72O2/c1-3-5-7-9-11-13-15-17-19-21-23-25-27-29-31-33-35-37-39-38(40(41)42-39)36-34-32-30-28-26-24-22-20-18-16-14-12-10-8-6-4-2/h29-32,37-38H,3-28,33-36H2,1-2H3/b31-29+,32-30+,39-37+. The molecule has 1 aliphatic heterocycles. The summed E-state index contributed by atoms with van der Waals surface area (Å²) >= 11 is 0. The molecule has 0 aromatic heterocycles. The Bertz CT molecular complexity index is 673. The molecule has 1 rings (SSSR count). The van der Waals surface area contributed by atoms with Gasteiger partial charge in [-0.1, -0.05) is 179 Å². The van der Waals surface area contributed by atoms with Gasteiger partial charge in [0, 0.05) is 0 Å². The Morgan fingerprint density at radius 1 is 0.452 bits per heavy atom. The van der Waals surface area contributed by atoms with Crippen LogP contribution in [0.4, 0.5) is 0 Å². The fourth-order valence-electron chi connectivity index (χ4n) is 6.02. The molecular formula is C40H72O2. The van der Waals surface area contributed by atoms with Crippen molar-refractivity contribution in [3.05, 3.63) is 36.1 Å². The summed E-state index contributed by atoms with van der Waals surface area (Å²) in [6.07, 6.45) is 51.4. The second-order valence-electron chi connectivity index (χ2n) is 13.0. The van der Waals surface area contributed by atoms with E-state index in [1.165, 1.54) is 167 Å². The maximum absolute atomic E-state index is 11.9. The van der Waals surface area contributed by atoms with Gasteiger partial charge in [-0.15, -0.1) is 0 Å². The summed E-state index contributed by atoms with van der Waals surface area (Å²) < 4.78 is 5.33. The summed E-state index contributed by atoms with van der Waals surface area (Å²) in [5.41, 5.74) is 0. The third-order valence-electron chi connectivity index (χ3n) is 8.93. The lowest BCUT2D eigenvalue weighted by molar-refractivity contribution is -0.157. The van der Waals surface area contributed by atoms with Crippen LogP contribution in [0.15, 0.2) is 36.1 Å². The summed E-state index contributed by atoms with van der Waals surface area (Å²) in [7, 11) is 0. The Morgan fingerprint density at radius 3 is 1.21 bits per heavy atom. The number of hydrogen-bond donors (Lipinski definition) is 0. The van der Waals surface area contributed by atoms with Crippen molar-refractivity contribution in [2.45, 2.75) is 206 Å². The minimum atomic E-state index is -0.0295. The lowest BCUT2D eigenvalue weighted by atomic mass is 9.95. The Morgan fingerprint density at radius 2 is 0.810 bits per heavy atom. The zero-order chi connectivity index (χ0) is 30.2. The molecule has 1 heterocycles. The fraction of sp³-hybridized carbons (Fsp3) is 0.825. The second-order valence-corrected chi connectivity index (χ2v) is 13.0. The van der Waals surface area contributed by atoms with Crippen LogP contribution in [0.25, 0.3) is 0 Å². The molecule has 2 heteroatoms. The van der Waals surface area contributed by atoms with Gasteiger partial charge >= 0.3 is 5.97 Å². The molecule has 0 spiro atoms. The highest BCUT2D eigenvalue weighted by Gasteiger charge is 2.36. The maximum Gasteiger partial charge on any atom is 0.321 e. The summed E-state index contributed by atoms with van der Waals surface area (Å²) in [5, 5.41) is 0. The Labute approximate surface area is 263 Å². The van der Waals surface area contributed by atoms with E-state index in [0.29, 0.717) is 0 Å². The average Bonchev–Trinajstić information content (AvgIpc) is 2.99. The molecule has 0 aliphatic carbocycles. The third kappa shape index (κ3) is 24.2. The van der Waals surface area contributed by atoms with Gasteiger partial charge in [0.2, 0.25) is 0 Å². The van der Waals surface area contributed by atoms with Crippen LogP contribution in [-0.2, 0) is 9.53 Å². The number of esters is 1. The smallest absolute Gasteiger partial charge is 0.321 e. The molecule has 1 atom stereocenters. The van der Waals surface area contributed by atoms with E-state index in [0.717, 1.165) is 31.4 Å². The molecule has 0 aromatic rings. The number of carbonyl (C=O) groups is 1. The van der Waals surface area contributed by atoms with E-state index in [-0.39, 0.29) is 11.9 Å². The van der Waals surface area contributed by atoms with Crippen molar-refractivity contribution in [2.24, 2.45) is 5.92 Å². The lowest BCUT2D eigenvalue weighted by Gasteiger charge is -2.27. The minimum Gasteiger partial charge on any atom is -0.430 e. The molecule has 42 heavy (non-hydrogen) atoms. The SMILES string of the molecule is CCCCCCCCCCCCCC/C=C/CC/C=C1/OC(=O)C1CC/C=C/CCCCCCCCCCCCCC. The zero-order valence-corrected chi connectivity index (χ0v) is 28.5. The van der Waals surface area contributed by atoms with Crippen LogP contribution in [0.1, 0.15) is 206 Å². The molecule has 244 valence electrons. The summed E-state index contributed by atoms with van der Waals surface area (Å²) in [6.45, 7) is 4.58. The highest BCUT2D eigenvalue weighted by atomic mass is 16.6. The van der Waals surface area contributed by atoms with Crippen LogP contribution in [0.3, 0.4) is 0 Å². The first-order chi connectivity index (χ1) is 20.8. The van der Waals surface area contributed by atoms with Gasteiger partial charge in [-0.2, -0.15) is 0 Å². The number of unbranched alkanes of at least 4 members (excludes halogenated alkanes) is 25. The molecule has 0 bridgehead atoms. The van der Waals surface area contributed by atoms with Crippen LogP contribution in [0.5, 0.6) is 0 Å². The Balaban J connectivity index is 1.89. The van der Waals surface area contributed by atoms with Crippen molar-refractivity contribution in [3.63, 3.8) is 0 Å². The van der Waals surface area contributed by atoms with Crippen molar-refractivity contribution in [2.75, 3.05) is 0 Å². The first-order valence-corrected chi connectivity index (χ1v) is 19.0. The van der Waals surface area contributed by atoms with E-state index >= 15 is 0 Å². The van der Waals surface area contributed by atoms with Crippen LogP contribution >= 0.6 is 0 Å². The first-order valence-electron chi connectivity index (χ1n) is 19.0.